The van der Waals surface area contributed by atoms with E-state index in [2.05, 4.69) is 0 Å². The van der Waals surface area contributed by atoms with E-state index in [0.29, 0.717) is 25.3 Å². The second-order valence-electron chi connectivity index (χ2n) is 5.09. The van der Waals surface area contributed by atoms with Crippen LogP contribution in [0.25, 0.3) is 0 Å². The minimum Gasteiger partial charge on any atom is -0.382 e. The lowest BCUT2D eigenvalue weighted by Crippen LogP contribution is -2.43. The molecule has 2 rings (SSSR count). The zero-order chi connectivity index (χ0) is 15.0. The van der Waals surface area contributed by atoms with E-state index >= 15 is 0 Å². The van der Waals surface area contributed by atoms with E-state index in [9.17, 15) is 22.7 Å². The Labute approximate surface area is 114 Å². The Kier molecular flexibility index (Phi) is 4.07. The fourth-order valence-corrected chi connectivity index (χ4v) is 2.78. The summed E-state index contributed by atoms with van der Waals surface area (Å²) in [6.07, 6.45) is -2.97. The van der Waals surface area contributed by atoms with Crippen LogP contribution in [0.5, 0.6) is 0 Å². The number of hydrogen-bond donors (Lipinski definition) is 1. The quantitative estimate of drug-likeness (QED) is 0.844. The van der Waals surface area contributed by atoms with Crippen molar-refractivity contribution < 1.29 is 27.4 Å². The van der Waals surface area contributed by atoms with Gasteiger partial charge in [-0.15, -0.1) is 0 Å². The number of methoxy groups -OCH3 is 1. The highest BCUT2D eigenvalue weighted by molar-refractivity contribution is 5.32. The molecule has 1 saturated carbocycles. The first-order valence-electron chi connectivity index (χ1n) is 6.41. The van der Waals surface area contributed by atoms with Gasteiger partial charge in [0.15, 0.2) is 0 Å². The molecule has 0 bridgehead atoms. The van der Waals surface area contributed by atoms with Gasteiger partial charge in [0.25, 0.3) is 0 Å². The number of alkyl halides is 3. The Balaban J connectivity index is 2.46. The molecule has 0 spiro atoms. The standard InChI is InChI=1S/C14H16F4O2/c1-20-12-4-2-3-7-13(12,19)9-5-6-11(15)10(8-9)14(16,17)18/h5-6,8,12,19H,2-4,7H2,1H3. The highest BCUT2D eigenvalue weighted by atomic mass is 19.4. The molecule has 2 unspecified atom stereocenters. The molecule has 2 nitrogen and oxygen atoms in total. The zero-order valence-electron chi connectivity index (χ0n) is 11.0. The van der Waals surface area contributed by atoms with Crippen molar-refractivity contribution in [3.8, 4) is 0 Å². The van der Waals surface area contributed by atoms with Crippen molar-refractivity contribution in [3.63, 3.8) is 0 Å². The van der Waals surface area contributed by atoms with Gasteiger partial charge < -0.3 is 9.84 Å². The molecule has 0 heterocycles. The molecule has 1 aliphatic carbocycles. The number of aliphatic hydroxyl groups is 1. The summed E-state index contributed by atoms with van der Waals surface area (Å²) >= 11 is 0. The van der Waals surface area contributed by atoms with Crippen molar-refractivity contribution in [2.24, 2.45) is 0 Å². The Bertz CT molecular complexity index is 487. The molecule has 6 heteroatoms. The lowest BCUT2D eigenvalue weighted by Gasteiger charge is -2.39. The largest absolute Gasteiger partial charge is 0.419 e. The molecule has 0 radical (unpaired) electrons. The van der Waals surface area contributed by atoms with E-state index in [1.165, 1.54) is 13.2 Å². The smallest absolute Gasteiger partial charge is 0.382 e. The maximum Gasteiger partial charge on any atom is 0.419 e. The van der Waals surface area contributed by atoms with Gasteiger partial charge in [-0.25, -0.2) is 4.39 Å². The summed E-state index contributed by atoms with van der Waals surface area (Å²) in [7, 11) is 1.41. The molecular formula is C14H16F4O2. The van der Waals surface area contributed by atoms with Crippen molar-refractivity contribution in [1.82, 2.24) is 0 Å². The molecular weight excluding hydrogens is 276 g/mol. The molecule has 1 aromatic rings. The summed E-state index contributed by atoms with van der Waals surface area (Å²) in [5.41, 5.74) is -2.80. The van der Waals surface area contributed by atoms with Crippen molar-refractivity contribution in [2.75, 3.05) is 7.11 Å². The molecule has 1 aliphatic rings. The van der Waals surface area contributed by atoms with Gasteiger partial charge in [-0.2, -0.15) is 13.2 Å². The van der Waals surface area contributed by atoms with Crippen molar-refractivity contribution in [2.45, 2.75) is 43.6 Å². The van der Waals surface area contributed by atoms with Crippen LogP contribution >= 0.6 is 0 Å². The van der Waals surface area contributed by atoms with Crippen LogP contribution in [0.15, 0.2) is 18.2 Å². The van der Waals surface area contributed by atoms with Crippen LogP contribution in [-0.2, 0) is 16.5 Å². The number of rotatable bonds is 2. The molecule has 0 aromatic heterocycles. The van der Waals surface area contributed by atoms with E-state index in [-0.39, 0.29) is 5.56 Å². The van der Waals surface area contributed by atoms with Gasteiger partial charge in [-0.3, -0.25) is 0 Å². The van der Waals surface area contributed by atoms with E-state index in [0.717, 1.165) is 12.5 Å². The molecule has 1 fully saturated rings. The second kappa shape index (κ2) is 5.33. The second-order valence-corrected chi connectivity index (χ2v) is 5.09. The average molecular weight is 292 g/mol. The van der Waals surface area contributed by atoms with Crippen LogP contribution in [-0.4, -0.2) is 18.3 Å². The maximum atomic E-state index is 13.3. The molecule has 1 aromatic carbocycles. The third-order valence-electron chi connectivity index (χ3n) is 3.86. The highest BCUT2D eigenvalue weighted by Crippen LogP contribution is 2.41. The summed E-state index contributed by atoms with van der Waals surface area (Å²) in [6, 6.07) is 2.63. The van der Waals surface area contributed by atoms with Crippen LogP contribution in [0.3, 0.4) is 0 Å². The first kappa shape index (κ1) is 15.3. The SMILES string of the molecule is COC1CCCCC1(O)c1ccc(F)c(C(F)(F)F)c1. The maximum absolute atomic E-state index is 13.3. The fourth-order valence-electron chi connectivity index (χ4n) is 2.78. The molecule has 0 amide bonds. The van der Waals surface area contributed by atoms with Crippen molar-refractivity contribution in [3.05, 3.63) is 35.1 Å². The van der Waals surface area contributed by atoms with Gasteiger partial charge in [0.2, 0.25) is 0 Å². The topological polar surface area (TPSA) is 29.5 Å². The number of hydrogen-bond acceptors (Lipinski definition) is 2. The number of halogens is 4. The van der Waals surface area contributed by atoms with Crippen LogP contribution in [0.1, 0.15) is 36.8 Å². The minimum absolute atomic E-state index is 0.0535. The van der Waals surface area contributed by atoms with Gasteiger partial charge >= 0.3 is 6.18 Å². The third kappa shape index (κ3) is 2.67. The van der Waals surface area contributed by atoms with Gasteiger partial charge in [0, 0.05) is 7.11 Å². The first-order chi connectivity index (χ1) is 9.29. The minimum atomic E-state index is -4.78. The van der Waals surface area contributed by atoms with E-state index < -0.39 is 29.3 Å². The molecule has 0 saturated heterocycles. The van der Waals surface area contributed by atoms with E-state index in [1.807, 2.05) is 0 Å². The van der Waals surface area contributed by atoms with Gasteiger partial charge in [0.05, 0.1) is 11.7 Å². The summed E-state index contributed by atoms with van der Waals surface area (Å²) in [4.78, 5) is 0. The van der Waals surface area contributed by atoms with E-state index in [4.69, 9.17) is 4.74 Å². The van der Waals surface area contributed by atoms with Crippen LogP contribution in [0.2, 0.25) is 0 Å². The lowest BCUT2D eigenvalue weighted by atomic mass is 9.77. The van der Waals surface area contributed by atoms with Crippen LogP contribution < -0.4 is 0 Å². The van der Waals surface area contributed by atoms with Crippen LogP contribution in [0.4, 0.5) is 17.6 Å². The summed E-state index contributed by atoms with van der Waals surface area (Å²) in [5.74, 6) is -1.34. The number of benzene rings is 1. The first-order valence-corrected chi connectivity index (χ1v) is 6.41. The lowest BCUT2D eigenvalue weighted by molar-refractivity contribution is -0.141. The Morgan fingerprint density at radius 1 is 1.30 bits per heavy atom. The predicted octanol–water partition coefficient (Wildman–Crippen LogP) is 3.62. The predicted molar refractivity (Wildman–Crippen MR) is 64.6 cm³/mol. The molecule has 1 N–H and O–H groups in total. The van der Waals surface area contributed by atoms with Gasteiger partial charge in [-0.1, -0.05) is 18.9 Å². The van der Waals surface area contributed by atoms with Gasteiger partial charge in [-0.05, 0) is 30.5 Å². The van der Waals surface area contributed by atoms with Crippen molar-refractivity contribution >= 4 is 0 Å². The van der Waals surface area contributed by atoms with Gasteiger partial charge in [0.1, 0.15) is 11.4 Å². The highest BCUT2D eigenvalue weighted by Gasteiger charge is 2.43. The average Bonchev–Trinajstić information content (AvgIpc) is 2.38. The van der Waals surface area contributed by atoms with E-state index in [1.54, 1.807) is 0 Å². The third-order valence-corrected chi connectivity index (χ3v) is 3.86. The molecule has 20 heavy (non-hydrogen) atoms. The molecule has 0 aliphatic heterocycles. The summed E-state index contributed by atoms with van der Waals surface area (Å²) in [6.45, 7) is 0. The van der Waals surface area contributed by atoms with Crippen molar-refractivity contribution in [1.29, 1.82) is 0 Å². The molecule has 2 atom stereocenters. The summed E-state index contributed by atoms with van der Waals surface area (Å²) < 4.78 is 56.7. The monoisotopic (exact) mass is 292 g/mol. The fraction of sp³-hybridized carbons (Fsp3) is 0.571. The Hall–Kier alpha value is -1.14. The van der Waals surface area contributed by atoms with Crippen LogP contribution in [0, 0.1) is 5.82 Å². The molecule has 112 valence electrons. The number of ether oxygens (including phenoxy) is 1. The zero-order valence-corrected chi connectivity index (χ0v) is 11.0. The Morgan fingerprint density at radius 3 is 2.60 bits per heavy atom. The normalized spacial score (nSPS) is 27.6. The summed E-state index contributed by atoms with van der Waals surface area (Å²) in [5, 5.41) is 10.7. The Morgan fingerprint density at radius 2 is 2.00 bits per heavy atom.